The Kier molecular flexibility index (Phi) is 2.55. The summed E-state index contributed by atoms with van der Waals surface area (Å²) in [4.78, 5) is 4.69. The van der Waals surface area contributed by atoms with Gasteiger partial charge < -0.3 is 9.67 Å². The topological polar surface area (TPSA) is 38.1 Å². The van der Waals surface area contributed by atoms with E-state index in [4.69, 9.17) is 4.98 Å². The van der Waals surface area contributed by atoms with Crippen LogP contribution in [0.5, 0.6) is 5.75 Å². The Hall–Kier alpha value is -2.36. The van der Waals surface area contributed by atoms with E-state index in [-0.39, 0.29) is 11.6 Å². The second kappa shape index (κ2) is 4.32. The number of aryl methyl sites for hydroxylation is 1. The average Bonchev–Trinajstić information content (AvgIpc) is 3.20. The molecule has 1 aliphatic rings. The van der Waals surface area contributed by atoms with Gasteiger partial charge in [0.25, 0.3) is 0 Å². The molecule has 21 heavy (non-hydrogen) atoms. The molecule has 0 unspecified atom stereocenters. The van der Waals surface area contributed by atoms with E-state index in [9.17, 15) is 9.50 Å². The maximum absolute atomic E-state index is 13.6. The van der Waals surface area contributed by atoms with Crippen molar-refractivity contribution >= 4 is 11.0 Å². The quantitative estimate of drug-likeness (QED) is 0.765. The van der Waals surface area contributed by atoms with Crippen molar-refractivity contribution in [2.75, 3.05) is 0 Å². The molecule has 1 heterocycles. The highest BCUT2D eigenvalue weighted by Crippen LogP contribution is 2.42. The van der Waals surface area contributed by atoms with Gasteiger partial charge in [0.05, 0.1) is 11.0 Å². The van der Waals surface area contributed by atoms with E-state index in [0.717, 1.165) is 40.8 Å². The molecule has 0 atom stereocenters. The normalized spacial score (nSPS) is 14.8. The highest BCUT2D eigenvalue weighted by molar-refractivity contribution is 5.82. The van der Waals surface area contributed by atoms with Crippen molar-refractivity contribution < 1.29 is 9.50 Å². The van der Waals surface area contributed by atoms with Crippen molar-refractivity contribution in [3.8, 4) is 17.1 Å². The minimum absolute atomic E-state index is 0.238. The zero-order chi connectivity index (χ0) is 14.6. The Balaban J connectivity index is 2.01. The van der Waals surface area contributed by atoms with Crippen LogP contribution in [0.2, 0.25) is 0 Å². The summed E-state index contributed by atoms with van der Waals surface area (Å²) in [5.74, 6) is 0.866. The van der Waals surface area contributed by atoms with Crippen LogP contribution in [0.15, 0.2) is 36.4 Å². The smallest absolute Gasteiger partial charge is 0.141 e. The molecule has 0 aliphatic heterocycles. The molecule has 4 rings (SSSR count). The van der Waals surface area contributed by atoms with Crippen molar-refractivity contribution in [3.63, 3.8) is 0 Å². The molecular formula is C17H15FN2O. The predicted molar refractivity (Wildman–Crippen MR) is 79.8 cm³/mol. The van der Waals surface area contributed by atoms with E-state index in [2.05, 4.69) is 4.57 Å². The summed E-state index contributed by atoms with van der Waals surface area (Å²) in [5.41, 5.74) is 3.61. The second-order valence-electron chi connectivity index (χ2n) is 5.67. The number of hydrogen-bond donors (Lipinski definition) is 1. The van der Waals surface area contributed by atoms with Gasteiger partial charge in [0.1, 0.15) is 17.4 Å². The first-order valence-electron chi connectivity index (χ1n) is 7.11. The van der Waals surface area contributed by atoms with Crippen LogP contribution in [0, 0.1) is 12.7 Å². The first kappa shape index (κ1) is 12.4. The fourth-order valence-corrected chi connectivity index (χ4v) is 2.86. The van der Waals surface area contributed by atoms with Crippen LogP contribution in [0.3, 0.4) is 0 Å². The third kappa shape index (κ3) is 1.98. The zero-order valence-corrected chi connectivity index (χ0v) is 11.7. The molecule has 3 nitrogen and oxygen atoms in total. The molecule has 0 spiro atoms. The SMILES string of the molecule is Cc1cc(O)ccc1-c1nc2ccc(F)cc2n1C1CC1. The van der Waals surface area contributed by atoms with Crippen molar-refractivity contribution in [2.24, 2.45) is 0 Å². The van der Waals surface area contributed by atoms with E-state index >= 15 is 0 Å². The number of phenols is 1. The van der Waals surface area contributed by atoms with Gasteiger partial charge in [-0.15, -0.1) is 0 Å². The molecule has 0 amide bonds. The molecule has 1 N–H and O–H groups in total. The molecule has 3 aromatic rings. The first-order valence-corrected chi connectivity index (χ1v) is 7.11. The summed E-state index contributed by atoms with van der Waals surface area (Å²) < 4.78 is 15.7. The number of hydrogen-bond acceptors (Lipinski definition) is 2. The third-order valence-electron chi connectivity index (χ3n) is 4.01. The molecule has 2 aromatic carbocycles. The highest BCUT2D eigenvalue weighted by atomic mass is 19.1. The Morgan fingerprint density at radius 1 is 1.19 bits per heavy atom. The number of imidazole rings is 1. The van der Waals surface area contributed by atoms with Gasteiger partial charge in [0, 0.05) is 11.6 Å². The van der Waals surface area contributed by atoms with Crippen LogP contribution < -0.4 is 0 Å². The van der Waals surface area contributed by atoms with Gasteiger partial charge in [0.15, 0.2) is 0 Å². The molecule has 106 valence electrons. The van der Waals surface area contributed by atoms with Crippen LogP contribution in [-0.4, -0.2) is 14.7 Å². The van der Waals surface area contributed by atoms with Crippen LogP contribution in [-0.2, 0) is 0 Å². The summed E-state index contributed by atoms with van der Waals surface area (Å²) in [6, 6.07) is 10.4. The lowest BCUT2D eigenvalue weighted by Gasteiger charge is -2.10. The molecule has 4 heteroatoms. The van der Waals surface area contributed by atoms with E-state index in [1.807, 2.05) is 13.0 Å². The van der Waals surface area contributed by atoms with Crippen LogP contribution in [0.4, 0.5) is 4.39 Å². The lowest BCUT2D eigenvalue weighted by atomic mass is 10.1. The predicted octanol–water partition coefficient (Wildman–Crippen LogP) is 4.19. The zero-order valence-electron chi connectivity index (χ0n) is 11.7. The second-order valence-corrected chi connectivity index (χ2v) is 5.67. The van der Waals surface area contributed by atoms with Gasteiger partial charge in [0.2, 0.25) is 0 Å². The Morgan fingerprint density at radius 3 is 2.71 bits per heavy atom. The molecule has 1 aliphatic carbocycles. The lowest BCUT2D eigenvalue weighted by Crippen LogP contribution is -1.98. The summed E-state index contributed by atoms with van der Waals surface area (Å²) in [6.45, 7) is 1.95. The minimum atomic E-state index is -0.238. The number of halogens is 1. The van der Waals surface area contributed by atoms with E-state index in [0.29, 0.717) is 6.04 Å². The van der Waals surface area contributed by atoms with Crippen molar-refractivity contribution in [1.82, 2.24) is 9.55 Å². The Labute approximate surface area is 121 Å². The Bertz CT molecular complexity index is 849. The number of aromatic nitrogens is 2. The van der Waals surface area contributed by atoms with Gasteiger partial charge in [-0.2, -0.15) is 0 Å². The number of rotatable bonds is 2. The third-order valence-corrected chi connectivity index (χ3v) is 4.01. The van der Waals surface area contributed by atoms with Crippen LogP contribution in [0.1, 0.15) is 24.4 Å². The van der Waals surface area contributed by atoms with Gasteiger partial charge in [-0.1, -0.05) is 0 Å². The lowest BCUT2D eigenvalue weighted by molar-refractivity contribution is 0.475. The number of nitrogens with zero attached hydrogens (tertiary/aromatic N) is 2. The van der Waals surface area contributed by atoms with Crippen molar-refractivity contribution in [1.29, 1.82) is 0 Å². The number of fused-ring (bicyclic) bond motifs is 1. The van der Waals surface area contributed by atoms with E-state index in [1.165, 1.54) is 6.07 Å². The molecule has 0 bridgehead atoms. The van der Waals surface area contributed by atoms with Gasteiger partial charge in [-0.25, -0.2) is 9.37 Å². The van der Waals surface area contributed by atoms with Crippen LogP contribution >= 0.6 is 0 Å². The van der Waals surface area contributed by atoms with Gasteiger partial charge in [-0.05, 0) is 61.7 Å². The van der Waals surface area contributed by atoms with Gasteiger partial charge in [-0.3, -0.25) is 0 Å². The van der Waals surface area contributed by atoms with Crippen molar-refractivity contribution in [2.45, 2.75) is 25.8 Å². The number of aromatic hydroxyl groups is 1. The summed E-state index contributed by atoms with van der Waals surface area (Å²) >= 11 is 0. The summed E-state index contributed by atoms with van der Waals surface area (Å²) in [6.07, 6.45) is 2.21. The summed E-state index contributed by atoms with van der Waals surface area (Å²) in [7, 11) is 0. The number of benzene rings is 2. The standard InChI is InChI=1S/C17H15FN2O/c1-10-8-13(21)5-6-14(10)17-19-15-7-2-11(18)9-16(15)20(17)12-3-4-12/h2,5-9,12,21H,3-4H2,1H3. The molecule has 0 saturated heterocycles. The largest absolute Gasteiger partial charge is 0.508 e. The molecule has 1 fully saturated rings. The first-order chi connectivity index (χ1) is 10.1. The fourth-order valence-electron chi connectivity index (χ4n) is 2.86. The highest BCUT2D eigenvalue weighted by Gasteiger charge is 2.29. The van der Waals surface area contributed by atoms with Crippen molar-refractivity contribution in [3.05, 3.63) is 47.8 Å². The molecule has 0 radical (unpaired) electrons. The molecule has 1 saturated carbocycles. The summed E-state index contributed by atoms with van der Waals surface area (Å²) in [5, 5.41) is 9.57. The Morgan fingerprint density at radius 2 is 2.00 bits per heavy atom. The fraction of sp³-hybridized carbons (Fsp3) is 0.235. The monoisotopic (exact) mass is 282 g/mol. The van der Waals surface area contributed by atoms with Crippen LogP contribution in [0.25, 0.3) is 22.4 Å². The maximum atomic E-state index is 13.6. The van der Waals surface area contributed by atoms with E-state index < -0.39 is 0 Å². The van der Waals surface area contributed by atoms with E-state index in [1.54, 1.807) is 24.3 Å². The maximum Gasteiger partial charge on any atom is 0.141 e. The minimum Gasteiger partial charge on any atom is -0.508 e. The van der Waals surface area contributed by atoms with Gasteiger partial charge >= 0.3 is 0 Å². The number of phenolic OH excluding ortho intramolecular Hbond substituents is 1. The molecule has 1 aromatic heterocycles. The molecular weight excluding hydrogens is 267 g/mol. The average molecular weight is 282 g/mol.